The van der Waals surface area contributed by atoms with Gasteiger partial charge in [0.15, 0.2) is 0 Å². The maximum Gasteiger partial charge on any atom is 0.348 e. The number of nitrogens with one attached hydrogen (secondary N) is 1. The molecule has 1 fully saturated rings. The molecule has 14 heteroatoms. The summed E-state index contributed by atoms with van der Waals surface area (Å²) in [4.78, 5) is 51.1. The number of hydrogen-bond donors (Lipinski definition) is 1. The van der Waals surface area contributed by atoms with Crippen LogP contribution in [0.4, 0.5) is 8.78 Å². The highest BCUT2D eigenvalue weighted by atomic mass is 35.5. The number of amides is 4. The topological polar surface area (TPSA) is 86.8 Å². The molecule has 2 unspecified atom stereocenters. The number of piperidine rings is 1. The summed E-state index contributed by atoms with van der Waals surface area (Å²) in [6, 6.07) is 8.80. The smallest absolute Gasteiger partial charge is 0.348 e. The maximum atomic E-state index is 14.7. The highest BCUT2D eigenvalue weighted by molar-refractivity contribution is 6.43. The van der Waals surface area contributed by atoms with Gasteiger partial charge < -0.3 is 9.71 Å². The number of imide groups is 1. The van der Waals surface area contributed by atoms with E-state index in [4.69, 9.17) is 43.1 Å². The third-order valence-electron chi connectivity index (χ3n) is 6.31. The summed E-state index contributed by atoms with van der Waals surface area (Å²) in [7, 11) is 23.6. The van der Waals surface area contributed by atoms with Gasteiger partial charge >= 0.3 is 5.92 Å². The van der Waals surface area contributed by atoms with Gasteiger partial charge in [-0.05, 0) is 35.1 Å². The molecule has 0 aliphatic carbocycles. The van der Waals surface area contributed by atoms with Crippen molar-refractivity contribution in [2.75, 3.05) is 0 Å². The number of alkyl halides is 2. The fraction of sp³-hybridized carbons (Fsp3) is 0.273. The number of carbonyl (C=O) groups excluding carboxylic acids is 4. The van der Waals surface area contributed by atoms with E-state index in [1.54, 1.807) is 0 Å². The van der Waals surface area contributed by atoms with Crippen LogP contribution in [0.3, 0.4) is 0 Å². The molecule has 3 atom stereocenters. The summed E-state index contributed by atoms with van der Waals surface area (Å²) >= 11 is 5.72. The monoisotopic (exact) mass is 501 g/mol. The predicted octanol–water partition coefficient (Wildman–Crippen LogP) is 0.935. The zero-order chi connectivity index (χ0) is 26.6. The number of rotatable bonds is 5. The summed E-state index contributed by atoms with van der Waals surface area (Å²) in [6.45, 7) is -0.587. The Morgan fingerprint density at radius 2 is 1.81 bits per heavy atom. The molecular formula is C22H14B4ClF2N3O4. The second-order valence-electron chi connectivity index (χ2n) is 8.59. The van der Waals surface area contributed by atoms with E-state index in [-0.39, 0.29) is 17.1 Å². The Morgan fingerprint density at radius 1 is 1.17 bits per heavy atom. The minimum Gasteiger partial charge on any atom is -0.387 e. The number of halogens is 3. The summed E-state index contributed by atoms with van der Waals surface area (Å²) < 4.78 is 29.3. The van der Waals surface area contributed by atoms with Crippen molar-refractivity contribution < 1.29 is 28.0 Å². The van der Waals surface area contributed by atoms with Crippen LogP contribution in [0.1, 0.15) is 27.0 Å². The van der Waals surface area contributed by atoms with Crippen LogP contribution in [0, 0.1) is 0 Å². The molecule has 4 rings (SSSR count). The Kier molecular flexibility index (Phi) is 6.58. The molecule has 36 heavy (non-hydrogen) atoms. The van der Waals surface area contributed by atoms with Gasteiger partial charge in [0.25, 0.3) is 11.8 Å². The molecule has 0 bridgehead atoms. The highest BCUT2D eigenvalue weighted by Crippen LogP contribution is 2.41. The number of fused-ring (bicyclic) bond motifs is 1. The van der Waals surface area contributed by atoms with Gasteiger partial charge in [0.05, 0.1) is 21.1 Å². The Morgan fingerprint density at radius 3 is 2.44 bits per heavy atom. The lowest BCUT2D eigenvalue weighted by atomic mass is 9.48. The van der Waals surface area contributed by atoms with Gasteiger partial charge in [-0.1, -0.05) is 41.7 Å². The minimum atomic E-state index is -3.91. The lowest BCUT2D eigenvalue weighted by Gasteiger charge is -2.48. The van der Waals surface area contributed by atoms with Gasteiger partial charge in [0.2, 0.25) is 19.8 Å². The quantitative estimate of drug-likeness (QED) is 0.489. The van der Waals surface area contributed by atoms with Gasteiger partial charge in [-0.25, -0.2) is 0 Å². The van der Waals surface area contributed by atoms with Gasteiger partial charge in [-0.3, -0.25) is 24.5 Å². The molecular weight excluding hydrogens is 487 g/mol. The number of carbonyl (C=O) groups is 4. The van der Waals surface area contributed by atoms with Crippen LogP contribution in [-0.4, -0.2) is 70.3 Å². The standard InChI is InChI=1S/C22H14B4ClF2N3O4/c23-15-16(24)21(25,19(35)30-17(15)33)31-9-11-7-10(1-6-14(11)18(31)34)8-32(26)20(36)22(28,29)12-2-4-13(27)5-3-12/h1-7,15-16H,8-9H2,(H,30,33,35)/t15?,16?,21-/m1/s1. The van der Waals surface area contributed by atoms with Gasteiger partial charge in [-0.2, -0.15) is 8.78 Å². The number of benzene rings is 2. The van der Waals surface area contributed by atoms with Crippen molar-refractivity contribution in [3.05, 3.63) is 69.7 Å². The number of nitrogens with zero attached hydrogens (tertiary/aromatic N) is 2. The summed E-state index contributed by atoms with van der Waals surface area (Å²) in [6.07, 6.45) is 0. The van der Waals surface area contributed by atoms with Crippen molar-refractivity contribution in [3.8, 4) is 0 Å². The molecule has 2 aromatic carbocycles. The molecule has 0 spiro atoms. The zero-order valence-corrected chi connectivity index (χ0v) is 19.3. The molecule has 0 aromatic heterocycles. The zero-order valence-electron chi connectivity index (χ0n) is 18.6. The molecule has 2 heterocycles. The fourth-order valence-electron chi connectivity index (χ4n) is 4.19. The summed E-state index contributed by atoms with van der Waals surface area (Å²) in [5, 5.41) is 2.24. The second kappa shape index (κ2) is 9.10. The first-order valence-corrected chi connectivity index (χ1v) is 11.0. The van der Waals surface area contributed by atoms with Crippen LogP contribution in [0.5, 0.6) is 0 Å². The van der Waals surface area contributed by atoms with Gasteiger partial charge in [-0.15, -0.1) is 0 Å². The first-order valence-electron chi connectivity index (χ1n) is 10.6. The van der Waals surface area contributed by atoms with E-state index >= 15 is 0 Å². The highest BCUT2D eigenvalue weighted by Gasteiger charge is 2.53. The van der Waals surface area contributed by atoms with E-state index < -0.39 is 58.7 Å². The fourth-order valence-corrected chi connectivity index (χ4v) is 4.31. The van der Waals surface area contributed by atoms with Crippen LogP contribution < -0.4 is 5.32 Å². The van der Waals surface area contributed by atoms with Crippen molar-refractivity contribution in [1.29, 1.82) is 0 Å². The first-order chi connectivity index (χ1) is 16.8. The van der Waals surface area contributed by atoms with E-state index in [9.17, 15) is 28.0 Å². The lowest BCUT2D eigenvalue weighted by molar-refractivity contribution is -0.154. The molecule has 2 aromatic rings. The molecule has 4 amide bonds. The van der Waals surface area contributed by atoms with Crippen LogP contribution in [0.15, 0.2) is 42.5 Å². The van der Waals surface area contributed by atoms with E-state index in [1.165, 1.54) is 30.3 Å². The molecule has 1 N–H and O–H groups in total. The van der Waals surface area contributed by atoms with E-state index in [1.807, 2.05) is 5.32 Å². The molecule has 0 saturated carbocycles. The van der Waals surface area contributed by atoms with Crippen molar-refractivity contribution in [2.45, 2.75) is 36.1 Å². The van der Waals surface area contributed by atoms with Crippen LogP contribution in [-0.2, 0) is 33.4 Å². The molecule has 174 valence electrons. The molecule has 1 saturated heterocycles. The Balaban J connectivity index is 1.53. The molecule has 7 nitrogen and oxygen atoms in total. The van der Waals surface area contributed by atoms with E-state index in [2.05, 4.69) is 0 Å². The van der Waals surface area contributed by atoms with Crippen LogP contribution in [0.2, 0.25) is 16.7 Å². The third kappa shape index (κ3) is 4.13. The van der Waals surface area contributed by atoms with Crippen molar-refractivity contribution >= 4 is 66.7 Å². The lowest BCUT2D eigenvalue weighted by Crippen LogP contribution is -2.67. The Labute approximate surface area is 215 Å². The van der Waals surface area contributed by atoms with E-state index in [0.717, 1.165) is 17.0 Å². The summed E-state index contributed by atoms with van der Waals surface area (Å²) in [5.41, 5.74) is -1.79. The van der Waals surface area contributed by atoms with Crippen molar-refractivity contribution in [2.24, 2.45) is 0 Å². The molecule has 2 aliphatic rings. The van der Waals surface area contributed by atoms with Crippen LogP contribution >= 0.6 is 11.6 Å². The molecule has 8 radical (unpaired) electrons. The average Bonchev–Trinajstić information content (AvgIpc) is 3.17. The van der Waals surface area contributed by atoms with Gasteiger partial charge in [0, 0.05) is 29.2 Å². The second-order valence-corrected chi connectivity index (χ2v) is 9.03. The Hall–Kier alpha value is -3.07. The molecule has 2 aliphatic heterocycles. The van der Waals surface area contributed by atoms with Crippen molar-refractivity contribution in [1.82, 2.24) is 15.0 Å². The largest absolute Gasteiger partial charge is 0.387 e. The van der Waals surface area contributed by atoms with Crippen LogP contribution in [0.25, 0.3) is 0 Å². The van der Waals surface area contributed by atoms with E-state index in [0.29, 0.717) is 15.9 Å². The van der Waals surface area contributed by atoms with Crippen molar-refractivity contribution in [3.63, 3.8) is 0 Å². The van der Waals surface area contributed by atoms with Gasteiger partial charge in [0.1, 0.15) is 7.85 Å². The number of hydrogen-bond acceptors (Lipinski definition) is 4. The average molecular weight is 501 g/mol. The first kappa shape index (κ1) is 26.0. The predicted molar refractivity (Wildman–Crippen MR) is 129 cm³/mol. The summed E-state index contributed by atoms with van der Waals surface area (Å²) in [5.74, 6) is -10.7. The third-order valence-corrected chi connectivity index (χ3v) is 6.56. The Bertz CT molecular complexity index is 1280. The SMILES string of the molecule is [B]C1C(=O)NC(=O)[C@]([B])(N2Cc3cc(CN([B])C(=O)C(F)(F)c4ccc(Cl)cc4)ccc3C2=O)C1[B]. The normalized spacial score (nSPS) is 23.9. The maximum absolute atomic E-state index is 14.7. The minimum absolute atomic E-state index is 0.176.